The van der Waals surface area contributed by atoms with Crippen LogP contribution in [0.4, 0.5) is 0 Å². The Morgan fingerprint density at radius 3 is 2.71 bits per heavy atom. The summed E-state index contributed by atoms with van der Waals surface area (Å²) in [5.74, 6) is 1.58. The maximum atomic E-state index is 13.3. The van der Waals surface area contributed by atoms with Gasteiger partial charge < -0.3 is 0 Å². The van der Waals surface area contributed by atoms with E-state index in [1.807, 2.05) is 34.0 Å². The van der Waals surface area contributed by atoms with Gasteiger partial charge in [-0.3, -0.25) is 13.8 Å². The van der Waals surface area contributed by atoms with E-state index in [4.69, 9.17) is 0 Å². The zero-order valence-corrected chi connectivity index (χ0v) is 19.0. The van der Waals surface area contributed by atoms with E-state index in [9.17, 15) is 4.79 Å². The van der Waals surface area contributed by atoms with Crippen LogP contribution in [0.15, 0.2) is 76.0 Å². The zero-order valence-electron chi connectivity index (χ0n) is 17.4. The molecule has 3 heterocycles. The summed E-state index contributed by atoms with van der Waals surface area (Å²) in [5, 5.41) is 11.7. The second-order valence-corrected chi connectivity index (χ2v) is 9.62. The Morgan fingerprint density at radius 2 is 1.90 bits per heavy atom. The number of fused-ring (bicyclic) bond motifs is 3. The van der Waals surface area contributed by atoms with Crippen LogP contribution in [0, 0.1) is 6.92 Å². The van der Waals surface area contributed by atoms with Crippen molar-refractivity contribution in [2.75, 3.05) is 0 Å². The first-order valence-corrected chi connectivity index (χ1v) is 12.1. The van der Waals surface area contributed by atoms with Gasteiger partial charge in [-0.25, -0.2) is 0 Å². The third kappa shape index (κ3) is 3.79. The van der Waals surface area contributed by atoms with Gasteiger partial charge in [0.05, 0.1) is 5.52 Å². The molecule has 156 valence electrons. The topological polar surface area (TPSA) is 52.2 Å². The van der Waals surface area contributed by atoms with E-state index in [2.05, 4.69) is 60.4 Å². The molecular formula is C24H22N4OS2. The summed E-state index contributed by atoms with van der Waals surface area (Å²) in [6, 6.07) is 20.7. The van der Waals surface area contributed by atoms with Gasteiger partial charge in [0.2, 0.25) is 5.78 Å². The van der Waals surface area contributed by atoms with Gasteiger partial charge in [0, 0.05) is 12.3 Å². The molecule has 2 aromatic carbocycles. The van der Waals surface area contributed by atoms with Gasteiger partial charge in [0.25, 0.3) is 5.56 Å². The van der Waals surface area contributed by atoms with Crippen molar-refractivity contribution < 1.29 is 0 Å². The maximum Gasteiger partial charge on any atom is 0.272 e. The number of benzene rings is 2. The summed E-state index contributed by atoms with van der Waals surface area (Å²) in [5.41, 5.74) is 4.57. The fraction of sp³-hybridized carbons (Fsp3) is 0.208. The van der Waals surface area contributed by atoms with E-state index < -0.39 is 0 Å². The van der Waals surface area contributed by atoms with Crippen molar-refractivity contribution >= 4 is 39.1 Å². The molecule has 0 saturated carbocycles. The molecule has 7 heteroatoms. The van der Waals surface area contributed by atoms with Crippen molar-refractivity contribution in [2.24, 2.45) is 0 Å². The molecule has 0 aliphatic rings. The van der Waals surface area contributed by atoms with Gasteiger partial charge in [-0.15, -0.1) is 21.5 Å². The number of nitrogens with zero attached hydrogens (tertiary/aromatic N) is 4. The molecule has 3 aromatic heterocycles. The fourth-order valence-corrected chi connectivity index (χ4v) is 5.58. The lowest BCUT2D eigenvalue weighted by Crippen LogP contribution is -2.24. The van der Waals surface area contributed by atoms with Gasteiger partial charge in [-0.1, -0.05) is 78.8 Å². The average molecular weight is 447 g/mol. The molecule has 0 unspecified atom stereocenters. The SMILES string of the molecule is Cc1cccc(CSc2nnc3n(C[C@@H](C)c4ccccc4)c(=O)c4sccc4n23)c1. The predicted molar refractivity (Wildman–Crippen MR) is 128 cm³/mol. The quantitative estimate of drug-likeness (QED) is 0.323. The molecule has 0 aliphatic carbocycles. The van der Waals surface area contributed by atoms with Crippen LogP contribution in [0.25, 0.3) is 16.0 Å². The van der Waals surface area contributed by atoms with E-state index in [1.54, 1.807) is 16.3 Å². The van der Waals surface area contributed by atoms with Crippen LogP contribution in [0.5, 0.6) is 0 Å². The highest BCUT2D eigenvalue weighted by Gasteiger charge is 2.19. The second-order valence-electron chi connectivity index (χ2n) is 7.76. The number of aryl methyl sites for hydroxylation is 1. The number of thiophene rings is 1. The number of aromatic nitrogens is 4. The van der Waals surface area contributed by atoms with Crippen molar-refractivity contribution in [1.82, 2.24) is 19.2 Å². The molecule has 5 nitrogen and oxygen atoms in total. The summed E-state index contributed by atoms with van der Waals surface area (Å²) in [6.07, 6.45) is 0. The lowest BCUT2D eigenvalue weighted by atomic mass is 10.0. The minimum atomic E-state index is 0.00270. The molecule has 5 aromatic rings. The number of hydrogen-bond donors (Lipinski definition) is 0. The third-order valence-electron chi connectivity index (χ3n) is 5.46. The molecule has 0 aliphatic heterocycles. The maximum absolute atomic E-state index is 13.3. The van der Waals surface area contributed by atoms with Crippen LogP contribution in [0.3, 0.4) is 0 Å². The molecule has 5 rings (SSSR count). The van der Waals surface area contributed by atoms with Crippen LogP contribution in [-0.2, 0) is 12.3 Å². The largest absolute Gasteiger partial charge is 0.275 e. The van der Waals surface area contributed by atoms with E-state index in [-0.39, 0.29) is 11.5 Å². The smallest absolute Gasteiger partial charge is 0.272 e. The van der Waals surface area contributed by atoms with Crippen molar-refractivity contribution in [2.45, 2.75) is 37.2 Å². The Hall–Kier alpha value is -2.90. The van der Waals surface area contributed by atoms with Crippen LogP contribution in [0.1, 0.15) is 29.5 Å². The van der Waals surface area contributed by atoms with E-state index in [1.165, 1.54) is 28.0 Å². The van der Waals surface area contributed by atoms with Gasteiger partial charge in [0.15, 0.2) is 5.16 Å². The molecule has 31 heavy (non-hydrogen) atoms. The molecular weight excluding hydrogens is 424 g/mol. The van der Waals surface area contributed by atoms with E-state index >= 15 is 0 Å². The normalized spacial score (nSPS) is 12.6. The van der Waals surface area contributed by atoms with Crippen molar-refractivity contribution in [1.29, 1.82) is 0 Å². The van der Waals surface area contributed by atoms with E-state index in [0.29, 0.717) is 12.3 Å². The molecule has 0 N–H and O–H groups in total. The summed E-state index contributed by atoms with van der Waals surface area (Å²) < 4.78 is 4.55. The predicted octanol–water partition coefficient (Wildman–Crippen LogP) is 5.51. The van der Waals surface area contributed by atoms with Crippen molar-refractivity contribution in [3.05, 3.63) is 93.1 Å². The summed E-state index contributed by atoms with van der Waals surface area (Å²) in [4.78, 5) is 13.3. The fourth-order valence-electron chi connectivity index (χ4n) is 3.87. The number of hydrogen-bond acceptors (Lipinski definition) is 5. The van der Waals surface area contributed by atoms with Crippen LogP contribution < -0.4 is 5.56 Å². The summed E-state index contributed by atoms with van der Waals surface area (Å²) >= 11 is 3.12. The molecule has 0 radical (unpaired) electrons. The highest BCUT2D eigenvalue weighted by atomic mass is 32.2. The third-order valence-corrected chi connectivity index (χ3v) is 7.35. The second kappa shape index (κ2) is 8.32. The number of thioether (sulfide) groups is 1. The van der Waals surface area contributed by atoms with Gasteiger partial charge >= 0.3 is 0 Å². The highest BCUT2D eigenvalue weighted by Crippen LogP contribution is 2.27. The highest BCUT2D eigenvalue weighted by molar-refractivity contribution is 7.98. The first-order chi connectivity index (χ1) is 15.1. The minimum Gasteiger partial charge on any atom is -0.275 e. The zero-order chi connectivity index (χ0) is 21.4. The first-order valence-electron chi connectivity index (χ1n) is 10.2. The first kappa shape index (κ1) is 20.0. The minimum absolute atomic E-state index is 0.00270. The molecule has 0 spiro atoms. The Balaban J connectivity index is 1.56. The van der Waals surface area contributed by atoms with Gasteiger partial charge in [-0.05, 0) is 35.4 Å². The lowest BCUT2D eigenvalue weighted by molar-refractivity contribution is 0.588. The number of rotatable bonds is 6. The lowest BCUT2D eigenvalue weighted by Gasteiger charge is -2.15. The molecule has 0 amide bonds. The van der Waals surface area contributed by atoms with Gasteiger partial charge in [-0.2, -0.15) is 0 Å². The van der Waals surface area contributed by atoms with Gasteiger partial charge in [0.1, 0.15) is 4.70 Å². The Labute approximate surface area is 188 Å². The average Bonchev–Trinajstić information content (AvgIpc) is 3.43. The Kier molecular flexibility index (Phi) is 5.38. The standard InChI is InChI=1S/C24H22N4OS2/c1-16-7-6-8-18(13-16)15-31-24-26-25-23-27(14-17(2)19-9-4-3-5-10-19)22(29)21-20(28(23)24)11-12-30-21/h3-13,17H,14-15H2,1-2H3/t17-/m1/s1. The van der Waals surface area contributed by atoms with Crippen LogP contribution in [0.2, 0.25) is 0 Å². The Bertz CT molecular complexity index is 1420. The van der Waals surface area contributed by atoms with Crippen molar-refractivity contribution in [3.8, 4) is 0 Å². The molecule has 0 bridgehead atoms. The van der Waals surface area contributed by atoms with Crippen molar-refractivity contribution in [3.63, 3.8) is 0 Å². The monoisotopic (exact) mass is 446 g/mol. The van der Waals surface area contributed by atoms with Crippen LogP contribution in [-0.4, -0.2) is 19.2 Å². The summed E-state index contributed by atoms with van der Waals surface area (Å²) in [7, 11) is 0. The molecule has 1 atom stereocenters. The summed E-state index contributed by atoms with van der Waals surface area (Å²) in [6.45, 7) is 4.80. The van der Waals surface area contributed by atoms with Crippen LogP contribution >= 0.6 is 23.1 Å². The van der Waals surface area contributed by atoms with E-state index in [0.717, 1.165) is 21.1 Å². The Morgan fingerprint density at radius 1 is 1.06 bits per heavy atom. The molecule has 0 fully saturated rings. The molecule has 0 saturated heterocycles.